The van der Waals surface area contributed by atoms with Crippen molar-refractivity contribution in [2.24, 2.45) is 5.73 Å². The number of anilines is 1. The Bertz CT molecular complexity index is 692. The Hall–Kier alpha value is -2.62. The number of ketones is 1. The van der Waals surface area contributed by atoms with E-state index in [0.29, 0.717) is 23.2 Å². The number of hydrogen-bond acceptors (Lipinski definition) is 2. The molecule has 2 aromatic carbocycles. The number of carbonyl (C=O) groups is 2. The molecule has 0 atom stereocenters. The molecule has 94 valence electrons. The lowest BCUT2D eigenvalue weighted by Crippen LogP contribution is -2.23. The van der Waals surface area contributed by atoms with Crippen LogP contribution in [0.5, 0.6) is 0 Å². The number of rotatable bonds is 1. The van der Waals surface area contributed by atoms with Crippen molar-refractivity contribution in [3.8, 4) is 0 Å². The van der Waals surface area contributed by atoms with Gasteiger partial charge in [-0.15, -0.1) is 0 Å². The van der Waals surface area contributed by atoms with Crippen LogP contribution in [0, 0.1) is 0 Å². The van der Waals surface area contributed by atoms with Crippen molar-refractivity contribution in [1.29, 1.82) is 0 Å². The van der Waals surface area contributed by atoms with Crippen molar-refractivity contribution in [2.75, 3.05) is 5.32 Å². The van der Waals surface area contributed by atoms with Gasteiger partial charge in [-0.05, 0) is 23.6 Å². The standard InChI is InChI=1S/C15H12N2O2/c16-15(19)17-12-7-3-5-10-8-9-4-1-2-6-11(9)14(18)13(10)12/h1-7H,8H2,(H3,16,17,19). The van der Waals surface area contributed by atoms with Gasteiger partial charge in [0.2, 0.25) is 0 Å². The maximum absolute atomic E-state index is 12.5. The van der Waals surface area contributed by atoms with Crippen LogP contribution in [0.1, 0.15) is 27.0 Å². The molecule has 0 aromatic heterocycles. The Kier molecular flexibility index (Phi) is 2.56. The lowest BCUT2D eigenvalue weighted by atomic mass is 9.84. The summed E-state index contributed by atoms with van der Waals surface area (Å²) in [5.74, 6) is -0.0683. The van der Waals surface area contributed by atoms with E-state index in [2.05, 4.69) is 5.32 Å². The highest BCUT2D eigenvalue weighted by atomic mass is 16.2. The van der Waals surface area contributed by atoms with Crippen LogP contribution in [-0.4, -0.2) is 11.8 Å². The summed E-state index contributed by atoms with van der Waals surface area (Å²) in [4.78, 5) is 23.5. The van der Waals surface area contributed by atoms with E-state index in [-0.39, 0.29) is 5.78 Å². The van der Waals surface area contributed by atoms with Crippen LogP contribution in [0.3, 0.4) is 0 Å². The lowest BCUT2D eigenvalue weighted by Gasteiger charge is -2.20. The number of primary amides is 1. The molecule has 0 bridgehead atoms. The molecule has 3 N–H and O–H groups in total. The molecule has 0 saturated carbocycles. The van der Waals surface area contributed by atoms with E-state index < -0.39 is 6.03 Å². The summed E-state index contributed by atoms with van der Waals surface area (Å²) >= 11 is 0. The number of nitrogens with two attached hydrogens (primary N) is 1. The number of nitrogens with one attached hydrogen (secondary N) is 1. The fourth-order valence-electron chi connectivity index (χ4n) is 2.49. The first-order valence-electron chi connectivity index (χ1n) is 5.98. The zero-order valence-corrected chi connectivity index (χ0v) is 10.1. The fraction of sp³-hybridized carbons (Fsp3) is 0.0667. The lowest BCUT2D eigenvalue weighted by molar-refractivity contribution is 0.103. The molecule has 2 aromatic rings. The third kappa shape index (κ3) is 1.87. The zero-order chi connectivity index (χ0) is 13.4. The Morgan fingerprint density at radius 1 is 1.05 bits per heavy atom. The van der Waals surface area contributed by atoms with Gasteiger partial charge in [0.1, 0.15) is 0 Å². The summed E-state index contributed by atoms with van der Waals surface area (Å²) in [6, 6.07) is 12.2. The molecule has 0 radical (unpaired) electrons. The minimum Gasteiger partial charge on any atom is -0.351 e. The van der Waals surface area contributed by atoms with Crippen LogP contribution in [0.4, 0.5) is 10.5 Å². The topological polar surface area (TPSA) is 72.2 Å². The highest BCUT2D eigenvalue weighted by Crippen LogP contribution is 2.31. The second-order valence-electron chi connectivity index (χ2n) is 4.49. The molecule has 1 aliphatic carbocycles. The number of fused-ring (bicyclic) bond motifs is 2. The Morgan fingerprint density at radius 3 is 2.58 bits per heavy atom. The van der Waals surface area contributed by atoms with Gasteiger partial charge in [0.05, 0.1) is 5.69 Å². The van der Waals surface area contributed by atoms with Crippen molar-refractivity contribution in [3.05, 3.63) is 64.7 Å². The summed E-state index contributed by atoms with van der Waals surface area (Å²) in [6.07, 6.45) is 0.686. The highest BCUT2D eigenvalue weighted by molar-refractivity contribution is 6.16. The van der Waals surface area contributed by atoms with Gasteiger partial charge in [-0.2, -0.15) is 0 Å². The van der Waals surface area contributed by atoms with Gasteiger partial charge in [0.15, 0.2) is 5.78 Å². The summed E-state index contributed by atoms with van der Waals surface area (Å²) in [6.45, 7) is 0. The number of urea groups is 1. The van der Waals surface area contributed by atoms with Crippen LogP contribution in [0.2, 0.25) is 0 Å². The van der Waals surface area contributed by atoms with Crippen molar-refractivity contribution < 1.29 is 9.59 Å². The van der Waals surface area contributed by atoms with Gasteiger partial charge in [-0.25, -0.2) is 4.79 Å². The van der Waals surface area contributed by atoms with Gasteiger partial charge < -0.3 is 11.1 Å². The summed E-state index contributed by atoms with van der Waals surface area (Å²) in [7, 11) is 0. The van der Waals surface area contributed by atoms with Gasteiger partial charge in [-0.1, -0.05) is 36.4 Å². The van der Waals surface area contributed by atoms with Crippen LogP contribution < -0.4 is 11.1 Å². The monoisotopic (exact) mass is 252 g/mol. The van der Waals surface area contributed by atoms with Gasteiger partial charge in [-0.3, -0.25) is 4.79 Å². The Balaban J connectivity index is 2.16. The number of benzene rings is 2. The smallest absolute Gasteiger partial charge is 0.316 e. The molecule has 0 aliphatic heterocycles. The molecule has 0 fully saturated rings. The number of amides is 2. The molecule has 0 spiro atoms. The molecule has 3 rings (SSSR count). The van der Waals surface area contributed by atoms with E-state index in [1.165, 1.54) is 0 Å². The van der Waals surface area contributed by atoms with E-state index in [1.807, 2.05) is 36.4 Å². The third-order valence-electron chi connectivity index (χ3n) is 3.28. The SMILES string of the molecule is NC(=O)Nc1cccc2c1C(=O)c1ccccc1C2. The molecular formula is C15H12N2O2. The van der Waals surface area contributed by atoms with Gasteiger partial charge in [0, 0.05) is 11.1 Å². The quantitative estimate of drug-likeness (QED) is 0.697. The average molecular weight is 252 g/mol. The molecule has 0 heterocycles. The minimum absolute atomic E-state index is 0.0683. The fourth-order valence-corrected chi connectivity index (χ4v) is 2.49. The summed E-state index contributed by atoms with van der Waals surface area (Å²) in [5, 5.41) is 2.51. The predicted octanol–water partition coefficient (Wildman–Crippen LogP) is 2.31. The van der Waals surface area contributed by atoms with Gasteiger partial charge >= 0.3 is 6.03 Å². The second kappa shape index (κ2) is 4.24. The van der Waals surface area contributed by atoms with Crippen LogP contribution in [-0.2, 0) is 6.42 Å². The first-order valence-corrected chi connectivity index (χ1v) is 5.98. The van der Waals surface area contributed by atoms with E-state index in [9.17, 15) is 9.59 Å². The zero-order valence-electron chi connectivity index (χ0n) is 10.1. The van der Waals surface area contributed by atoms with Crippen molar-refractivity contribution >= 4 is 17.5 Å². The first-order chi connectivity index (χ1) is 9.16. The van der Waals surface area contributed by atoms with E-state index in [0.717, 1.165) is 11.1 Å². The largest absolute Gasteiger partial charge is 0.351 e. The minimum atomic E-state index is -0.667. The van der Waals surface area contributed by atoms with Gasteiger partial charge in [0.25, 0.3) is 0 Å². The maximum Gasteiger partial charge on any atom is 0.316 e. The van der Waals surface area contributed by atoms with E-state index in [1.54, 1.807) is 6.07 Å². The average Bonchev–Trinajstić information content (AvgIpc) is 2.38. The molecule has 1 aliphatic rings. The molecule has 0 unspecified atom stereocenters. The van der Waals surface area contributed by atoms with Crippen molar-refractivity contribution in [3.63, 3.8) is 0 Å². The van der Waals surface area contributed by atoms with Crippen molar-refractivity contribution in [1.82, 2.24) is 0 Å². The first kappa shape index (κ1) is 11.5. The Morgan fingerprint density at radius 2 is 1.79 bits per heavy atom. The number of carbonyl (C=O) groups excluding carboxylic acids is 2. The molecule has 4 nitrogen and oxygen atoms in total. The molecule has 2 amide bonds. The van der Waals surface area contributed by atoms with E-state index >= 15 is 0 Å². The third-order valence-corrected chi connectivity index (χ3v) is 3.28. The molecule has 4 heteroatoms. The summed E-state index contributed by atoms with van der Waals surface area (Å²) in [5.41, 5.74) is 8.77. The van der Waals surface area contributed by atoms with Crippen LogP contribution >= 0.6 is 0 Å². The molecule has 19 heavy (non-hydrogen) atoms. The molecule has 0 saturated heterocycles. The number of hydrogen-bond donors (Lipinski definition) is 2. The van der Waals surface area contributed by atoms with Crippen LogP contribution in [0.25, 0.3) is 0 Å². The summed E-state index contributed by atoms with van der Waals surface area (Å²) < 4.78 is 0. The highest BCUT2D eigenvalue weighted by Gasteiger charge is 2.25. The maximum atomic E-state index is 12.5. The van der Waals surface area contributed by atoms with E-state index in [4.69, 9.17) is 5.73 Å². The van der Waals surface area contributed by atoms with Crippen molar-refractivity contribution in [2.45, 2.75) is 6.42 Å². The molecular weight excluding hydrogens is 240 g/mol. The second-order valence-corrected chi connectivity index (χ2v) is 4.49. The predicted molar refractivity (Wildman–Crippen MR) is 72.3 cm³/mol. The Labute approximate surface area is 110 Å². The normalized spacial score (nSPS) is 12.5. The van der Waals surface area contributed by atoms with Crippen LogP contribution in [0.15, 0.2) is 42.5 Å².